The molecule has 138 valence electrons. The number of hydrogen-bond acceptors (Lipinski definition) is 4. The predicted octanol–water partition coefficient (Wildman–Crippen LogP) is 1.30. The second kappa shape index (κ2) is 8.12. The van der Waals surface area contributed by atoms with Gasteiger partial charge in [-0.05, 0) is 25.0 Å². The van der Waals surface area contributed by atoms with Crippen LogP contribution in [0.1, 0.15) is 32.6 Å². The van der Waals surface area contributed by atoms with Gasteiger partial charge in [0.2, 0.25) is 11.8 Å². The minimum Gasteiger partial charge on any atom is -0.352 e. The molecule has 26 heavy (non-hydrogen) atoms. The minimum absolute atomic E-state index is 0.000469. The summed E-state index contributed by atoms with van der Waals surface area (Å²) in [6.45, 7) is 3.35. The molecule has 7 heteroatoms. The van der Waals surface area contributed by atoms with E-state index in [0.717, 1.165) is 12.8 Å². The van der Waals surface area contributed by atoms with Crippen LogP contribution in [0.4, 0.5) is 0 Å². The third-order valence-corrected chi connectivity index (χ3v) is 4.76. The van der Waals surface area contributed by atoms with Gasteiger partial charge in [-0.2, -0.15) is 0 Å². The molecule has 3 rings (SSSR count). The number of likely N-dealkylation sites (tertiary alicyclic amines) is 1. The smallest absolute Gasteiger partial charge is 0.261 e. The third kappa shape index (κ3) is 4.09. The molecule has 7 nitrogen and oxygen atoms in total. The maximum Gasteiger partial charge on any atom is 0.261 e. The Labute approximate surface area is 152 Å². The van der Waals surface area contributed by atoms with Crippen molar-refractivity contribution in [2.75, 3.05) is 13.1 Å². The number of fused-ring (bicyclic) bond motifs is 1. The van der Waals surface area contributed by atoms with E-state index < -0.39 is 0 Å². The van der Waals surface area contributed by atoms with E-state index in [4.69, 9.17) is 0 Å². The van der Waals surface area contributed by atoms with Gasteiger partial charge in [0, 0.05) is 38.5 Å². The van der Waals surface area contributed by atoms with E-state index >= 15 is 0 Å². The lowest BCUT2D eigenvalue weighted by Gasteiger charge is -2.33. The Kier molecular flexibility index (Phi) is 5.65. The molecule has 0 radical (unpaired) electrons. The fourth-order valence-corrected chi connectivity index (χ4v) is 3.29. The number of aromatic nitrogens is 2. The summed E-state index contributed by atoms with van der Waals surface area (Å²) in [5.41, 5.74) is 0.528. The van der Waals surface area contributed by atoms with Crippen molar-refractivity contribution in [3.05, 3.63) is 40.9 Å². The van der Waals surface area contributed by atoms with E-state index in [1.807, 2.05) is 13.0 Å². The first-order valence-corrected chi connectivity index (χ1v) is 9.10. The minimum atomic E-state index is -0.130. The van der Waals surface area contributed by atoms with E-state index in [0.29, 0.717) is 37.0 Å². The normalized spacial score (nSPS) is 17.3. The highest BCUT2D eigenvalue weighted by Gasteiger charge is 2.24. The molecular weight excluding hydrogens is 332 g/mol. The summed E-state index contributed by atoms with van der Waals surface area (Å²) in [6, 6.07) is 7.20. The average Bonchev–Trinajstić information content (AvgIpc) is 2.67. The number of aryl methyl sites for hydroxylation is 1. The Morgan fingerprint density at radius 3 is 2.92 bits per heavy atom. The summed E-state index contributed by atoms with van der Waals surface area (Å²) >= 11 is 0. The SMILES string of the molecule is CCC(=O)NC1CCCN(C(=O)CCn2cnc3ccccc3c2=O)C1. The number of nitrogens with one attached hydrogen (secondary N) is 1. The van der Waals surface area contributed by atoms with Gasteiger partial charge in [0.15, 0.2) is 0 Å². The van der Waals surface area contributed by atoms with Crippen LogP contribution in [0.3, 0.4) is 0 Å². The molecule has 0 bridgehead atoms. The van der Waals surface area contributed by atoms with E-state index in [1.54, 1.807) is 23.1 Å². The third-order valence-electron chi connectivity index (χ3n) is 4.76. The lowest BCUT2D eigenvalue weighted by molar-refractivity contribution is -0.133. The Hall–Kier alpha value is -2.70. The molecule has 1 fully saturated rings. The Morgan fingerprint density at radius 1 is 1.31 bits per heavy atom. The first-order valence-electron chi connectivity index (χ1n) is 9.10. The van der Waals surface area contributed by atoms with Crippen molar-refractivity contribution in [3.63, 3.8) is 0 Å². The fourth-order valence-electron chi connectivity index (χ4n) is 3.29. The van der Waals surface area contributed by atoms with Gasteiger partial charge >= 0.3 is 0 Å². The van der Waals surface area contributed by atoms with Crippen LogP contribution in [0.5, 0.6) is 0 Å². The number of carbonyl (C=O) groups is 2. The molecule has 1 atom stereocenters. The molecule has 2 amide bonds. The second-order valence-corrected chi connectivity index (χ2v) is 6.61. The van der Waals surface area contributed by atoms with Crippen molar-refractivity contribution >= 4 is 22.7 Å². The van der Waals surface area contributed by atoms with Gasteiger partial charge in [0.25, 0.3) is 5.56 Å². The molecule has 0 spiro atoms. The summed E-state index contributed by atoms with van der Waals surface area (Å²) in [5, 5.41) is 3.52. The zero-order valence-corrected chi connectivity index (χ0v) is 15.0. The van der Waals surface area contributed by atoms with Crippen LogP contribution >= 0.6 is 0 Å². The van der Waals surface area contributed by atoms with Crippen molar-refractivity contribution < 1.29 is 9.59 Å². The van der Waals surface area contributed by atoms with Crippen molar-refractivity contribution in [1.82, 2.24) is 19.8 Å². The fraction of sp³-hybridized carbons (Fsp3) is 0.474. The van der Waals surface area contributed by atoms with Crippen LogP contribution in [-0.4, -0.2) is 45.4 Å². The van der Waals surface area contributed by atoms with Crippen LogP contribution in [0.25, 0.3) is 10.9 Å². The maximum absolute atomic E-state index is 12.5. The molecule has 1 aliphatic rings. The van der Waals surface area contributed by atoms with E-state index in [2.05, 4.69) is 10.3 Å². The summed E-state index contributed by atoms with van der Waals surface area (Å²) < 4.78 is 1.49. The highest BCUT2D eigenvalue weighted by molar-refractivity contribution is 5.78. The van der Waals surface area contributed by atoms with E-state index in [-0.39, 0.29) is 29.8 Å². The van der Waals surface area contributed by atoms with Gasteiger partial charge in [-0.25, -0.2) is 4.98 Å². The molecular formula is C19H24N4O3. The first-order chi connectivity index (χ1) is 12.6. The van der Waals surface area contributed by atoms with Gasteiger partial charge < -0.3 is 10.2 Å². The van der Waals surface area contributed by atoms with Gasteiger partial charge in [0.05, 0.1) is 17.2 Å². The van der Waals surface area contributed by atoms with Gasteiger partial charge in [0.1, 0.15) is 0 Å². The molecule has 1 aliphatic heterocycles. The number of nitrogens with zero attached hydrogens (tertiary/aromatic N) is 3. The molecule has 0 aliphatic carbocycles. The molecule has 0 saturated carbocycles. The standard InChI is InChI=1S/C19H24N4O3/c1-2-17(24)21-14-6-5-10-22(12-14)18(25)9-11-23-13-20-16-8-4-3-7-15(16)19(23)26/h3-4,7-8,13-14H,2,5-6,9-12H2,1H3,(H,21,24). The Balaban J connectivity index is 1.61. The number of piperidine rings is 1. The highest BCUT2D eigenvalue weighted by atomic mass is 16.2. The van der Waals surface area contributed by atoms with Crippen molar-refractivity contribution in [3.8, 4) is 0 Å². The molecule has 1 aromatic carbocycles. The van der Waals surface area contributed by atoms with Crippen molar-refractivity contribution in [1.29, 1.82) is 0 Å². The van der Waals surface area contributed by atoms with Crippen LogP contribution < -0.4 is 10.9 Å². The number of rotatable bonds is 5. The van der Waals surface area contributed by atoms with Crippen LogP contribution in [0.2, 0.25) is 0 Å². The zero-order chi connectivity index (χ0) is 18.5. The molecule has 2 heterocycles. The van der Waals surface area contributed by atoms with Gasteiger partial charge in [-0.15, -0.1) is 0 Å². The first kappa shape index (κ1) is 18.1. The lowest BCUT2D eigenvalue weighted by atomic mass is 10.1. The monoisotopic (exact) mass is 356 g/mol. The van der Waals surface area contributed by atoms with Crippen LogP contribution in [-0.2, 0) is 16.1 Å². The lowest BCUT2D eigenvalue weighted by Crippen LogP contribution is -2.49. The van der Waals surface area contributed by atoms with Crippen LogP contribution in [0, 0.1) is 0 Å². The number of carbonyl (C=O) groups excluding carboxylic acids is 2. The Bertz CT molecular complexity index is 861. The molecule has 1 N–H and O–H groups in total. The molecule has 1 aromatic heterocycles. The summed E-state index contributed by atoms with van der Waals surface area (Å²) in [7, 11) is 0. The average molecular weight is 356 g/mol. The van der Waals surface area contributed by atoms with Crippen molar-refractivity contribution in [2.24, 2.45) is 0 Å². The molecule has 1 saturated heterocycles. The zero-order valence-electron chi connectivity index (χ0n) is 15.0. The number of benzene rings is 1. The van der Waals surface area contributed by atoms with Crippen LogP contribution in [0.15, 0.2) is 35.4 Å². The quantitative estimate of drug-likeness (QED) is 0.875. The largest absolute Gasteiger partial charge is 0.352 e. The summed E-state index contributed by atoms with van der Waals surface area (Å²) in [6.07, 6.45) is 3.95. The van der Waals surface area contributed by atoms with E-state index in [9.17, 15) is 14.4 Å². The van der Waals surface area contributed by atoms with Gasteiger partial charge in [-0.3, -0.25) is 19.0 Å². The second-order valence-electron chi connectivity index (χ2n) is 6.61. The topological polar surface area (TPSA) is 84.3 Å². The number of amides is 2. The summed E-state index contributed by atoms with van der Waals surface area (Å²) in [4.78, 5) is 42.6. The summed E-state index contributed by atoms with van der Waals surface area (Å²) in [5.74, 6) is 0.0126. The van der Waals surface area contributed by atoms with Gasteiger partial charge in [-0.1, -0.05) is 19.1 Å². The predicted molar refractivity (Wildman–Crippen MR) is 98.7 cm³/mol. The maximum atomic E-state index is 12.5. The number of hydrogen-bond donors (Lipinski definition) is 1. The number of para-hydroxylation sites is 1. The molecule has 2 aromatic rings. The highest BCUT2D eigenvalue weighted by Crippen LogP contribution is 2.12. The van der Waals surface area contributed by atoms with Crippen molar-refractivity contribution in [2.45, 2.75) is 45.2 Å². The Morgan fingerprint density at radius 2 is 2.12 bits per heavy atom. The molecule has 1 unspecified atom stereocenters. The van der Waals surface area contributed by atoms with E-state index in [1.165, 1.54) is 10.9 Å².